The minimum atomic E-state index is -0.202. The van der Waals surface area contributed by atoms with Gasteiger partial charge in [-0.05, 0) is 31.7 Å². The molecule has 0 fully saturated rings. The minimum absolute atomic E-state index is 0.202. The normalized spacial score (nSPS) is 10.9. The van der Waals surface area contributed by atoms with Crippen LogP contribution in [0, 0.1) is 12.7 Å². The molecular formula is C14H17BrFN3. The lowest BCUT2D eigenvalue weighted by Gasteiger charge is -2.08. The molecule has 0 saturated heterocycles. The Morgan fingerprint density at radius 2 is 2.16 bits per heavy atom. The van der Waals surface area contributed by atoms with E-state index in [0.29, 0.717) is 12.1 Å². The van der Waals surface area contributed by atoms with Gasteiger partial charge in [-0.25, -0.2) is 4.39 Å². The fourth-order valence-electron chi connectivity index (χ4n) is 1.90. The van der Waals surface area contributed by atoms with Crippen LogP contribution < -0.4 is 5.32 Å². The Kier molecular flexibility index (Phi) is 4.71. The highest BCUT2D eigenvalue weighted by molar-refractivity contribution is 9.10. The zero-order valence-electron chi connectivity index (χ0n) is 11.1. The summed E-state index contributed by atoms with van der Waals surface area (Å²) in [6, 6.07) is 4.96. The van der Waals surface area contributed by atoms with E-state index in [9.17, 15) is 4.39 Å². The van der Waals surface area contributed by atoms with E-state index in [-0.39, 0.29) is 5.82 Å². The summed E-state index contributed by atoms with van der Waals surface area (Å²) in [6.45, 7) is 6.24. The van der Waals surface area contributed by atoms with Gasteiger partial charge in [-0.1, -0.05) is 22.9 Å². The number of benzene rings is 1. The number of nitrogens with zero attached hydrogens (tertiary/aromatic N) is 2. The van der Waals surface area contributed by atoms with Crippen LogP contribution >= 0.6 is 15.9 Å². The molecular weight excluding hydrogens is 309 g/mol. The molecule has 1 N–H and O–H groups in total. The lowest BCUT2D eigenvalue weighted by molar-refractivity contribution is 0.579. The number of hydrogen-bond acceptors (Lipinski definition) is 2. The molecule has 2 rings (SSSR count). The second kappa shape index (κ2) is 6.30. The molecule has 1 heterocycles. The Morgan fingerprint density at radius 1 is 1.37 bits per heavy atom. The first kappa shape index (κ1) is 14.2. The zero-order valence-corrected chi connectivity index (χ0v) is 12.7. The number of hydrogen-bond donors (Lipinski definition) is 1. The predicted molar refractivity (Wildman–Crippen MR) is 77.5 cm³/mol. The zero-order chi connectivity index (χ0) is 13.8. The Bertz CT molecular complexity index is 566. The van der Waals surface area contributed by atoms with Crippen LogP contribution in [0.5, 0.6) is 0 Å². The maximum Gasteiger partial charge on any atom is 0.128 e. The molecule has 0 bridgehead atoms. The third-order valence-corrected chi connectivity index (χ3v) is 3.59. The predicted octanol–water partition coefficient (Wildman–Crippen LogP) is 3.25. The van der Waals surface area contributed by atoms with Gasteiger partial charge in [0, 0.05) is 27.8 Å². The molecule has 1 aromatic heterocycles. The topological polar surface area (TPSA) is 29.9 Å². The summed E-state index contributed by atoms with van der Waals surface area (Å²) in [5.74, 6) is -0.202. The van der Waals surface area contributed by atoms with Gasteiger partial charge >= 0.3 is 0 Å². The maximum absolute atomic E-state index is 13.7. The average molecular weight is 326 g/mol. The molecule has 0 radical (unpaired) electrons. The highest BCUT2D eigenvalue weighted by Crippen LogP contribution is 2.17. The summed E-state index contributed by atoms with van der Waals surface area (Å²) < 4.78 is 16.4. The summed E-state index contributed by atoms with van der Waals surface area (Å²) in [6.07, 6.45) is 1.84. The minimum Gasteiger partial charge on any atom is -0.313 e. The fraction of sp³-hybridized carbons (Fsp3) is 0.357. The van der Waals surface area contributed by atoms with E-state index in [1.54, 1.807) is 12.1 Å². The summed E-state index contributed by atoms with van der Waals surface area (Å²) in [4.78, 5) is 0. The summed E-state index contributed by atoms with van der Waals surface area (Å²) in [7, 11) is 0. The van der Waals surface area contributed by atoms with Crippen molar-refractivity contribution in [3.8, 4) is 0 Å². The van der Waals surface area contributed by atoms with Crippen molar-refractivity contribution in [2.24, 2.45) is 0 Å². The number of rotatable bonds is 5. The van der Waals surface area contributed by atoms with Gasteiger partial charge in [0.05, 0.1) is 12.7 Å². The smallest absolute Gasteiger partial charge is 0.128 e. The van der Waals surface area contributed by atoms with E-state index >= 15 is 0 Å². The first-order valence-corrected chi connectivity index (χ1v) is 7.07. The molecule has 0 aliphatic heterocycles. The highest BCUT2D eigenvalue weighted by Gasteiger charge is 2.09. The van der Waals surface area contributed by atoms with Crippen molar-refractivity contribution in [3.05, 3.63) is 51.5 Å². The van der Waals surface area contributed by atoms with Crippen LogP contribution in [0.4, 0.5) is 4.39 Å². The van der Waals surface area contributed by atoms with E-state index in [1.165, 1.54) is 6.07 Å². The van der Waals surface area contributed by atoms with E-state index in [4.69, 9.17) is 0 Å². The SMILES string of the molecule is CCNCc1cnn(Cc2cc(Br)ccc2F)c1C. The third-order valence-electron chi connectivity index (χ3n) is 3.10. The standard InChI is InChI=1S/C14H17BrFN3/c1-3-17-7-12-8-18-19(10(12)2)9-11-6-13(15)4-5-14(11)16/h4-6,8,17H,3,7,9H2,1-2H3. The first-order chi connectivity index (χ1) is 9.11. The molecule has 102 valence electrons. The van der Waals surface area contributed by atoms with Gasteiger partial charge in [0.1, 0.15) is 5.82 Å². The average Bonchev–Trinajstić information content (AvgIpc) is 2.73. The van der Waals surface area contributed by atoms with Crippen molar-refractivity contribution in [1.82, 2.24) is 15.1 Å². The van der Waals surface area contributed by atoms with Gasteiger partial charge in [0.2, 0.25) is 0 Å². The molecule has 0 unspecified atom stereocenters. The lowest BCUT2D eigenvalue weighted by Crippen LogP contribution is -2.13. The van der Waals surface area contributed by atoms with E-state index in [1.807, 2.05) is 17.8 Å². The molecule has 0 atom stereocenters. The van der Waals surface area contributed by atoms with Crippen molar-refractivity contribution < 1.29 is 4.39 Å². The summed E-state index contributed by atoms with van der Waals surface area (Å²) in [5, 5.41) is 7.60. The first-order valence-electron chi connectivity index (χ1n) is 6.27. The van der Waals surface area contributed by atoms with Gasteiger partial charge in [-0.15, -0.1) is 0 Å². The molecule has 19 heavy (non-hydrogen) atoms. The van der Waals surface area contributed by atoms with Crippen LogP contribution in [-0.4, -0.2) is 16.3 Å². The number of nitrogens with one attached hydrogen (secondary N) is 1. The second-order valence-electron chi connectivity index (χ2n) is 4.43. The van der Waals surface area contributed by atoms with Crippen LogP contribution in [0.25, 0.3) is 0 Å². The van der Waals surface area contributed by atoms with E-state index in [0.717, 1.165) is 28.8 Å². The van der Waals surface area contributed by atoms with E-state index < -0.39 is 0 Å². The number of aromatic nitrogens is 2. The Labute approximate surface area is 121 Å². The molecule has 0 aliphatic rings. The van der Waals surface area contributed by atoms with Crippen molar-refractivity contribution >= 4 is 15.9 Å². The van der Waals surface area contributed by atoms with Gasteiger partial charge in [-0.3, -0.25) is 4.68 Å². The lowest BCUT2D eigenvalue weighted by atomic mass is 10.2. The van der Waals surface area contributed by atoms with Crippen LogP contribution in [0.1, 0.15) is 23.7 Å². The largest absolute Gasteiger partial charge is 0.313 e. The second-order valence-corrected chi connectivity index (χ2v) is 5.34. The Morgan fingerprint density at radius 3 is 2.89 bits per heavy atom. The van der Waals surface area contributed by atoms with Crippen LogP contribution in [-0.2, 0) is 13.1 Å². The third kappa shape index (κ3) is 3.42. The van der Waals surface area contributed by atoms with Crippen molar-refractivity contribution in [2.75, 3.05) is 6.54 Å². The molecule has 2 aromatic rings. The number of halogens is 2. The quantitative estimate of drug-likeness (QED) is 0.914. The Balaban J connectivity index is 2.19. The van der Waals surface area contributed by atoms with Crippen LogP contribution in [0.3, 0.4) is 0 Å². The Hall–Kier alpha value is -1.20. The van der Waals surface area contributed by atoms with Gasteiger partial charge < -0.3 is 5.32 Å². The van der Waals surface area contributed by atoms with E-state index in [2.05, 4.69) is 33.3 Å². The molecule has 0 saturated carbocycles. The van der Waals surface area contributed by atoms with Crippen molar-refractivity contribution in [3.63, 3.8) is 0 Å². The molecule has 0 spiro atoms. The fourth-order valence-corrected chi connectivity index (χ4v) is 2.31. The monoisotopic (exact) mass is 325 g/mol. The van der Waals surface area contributed by atoms with Gasteiger partial charge in [0.15, 0.2) is 0 Å². The molecule has 1 aromatic carbocycles. The molecule has 3 nitrogen and oxygen atoms in total. The van der Waals surface area contributed by atoms with Crippen LogP contribution in [0.15, 0.2) is 28.9 Å². The maximum atomic E-state index is 13.7. The van der Waals surface area contributed by atoms with Crippen LogP contribution in [0.2, 0.25) is 0 Å². The molecule has 0 aliphatic carbocycles. The van der Waals surface area contributed by atoms with Gasteiger partial charge in [0.25, 0.3) is 0 Å². The highest BCUT2D eigenvalue weighted by atomic mass is 79.9. The van der Waals surface area contributed by atoms with Crippen molar-refractivity contribution in [1.29, 1.82) is 0 Å². The molecule has 0 amide bonds. The summed E-state index contributed by atoms with van der Waals surface area (Å²) >= 11 is 3.36. The molecule has 5 heteroatoms. The van der Waals surface area contributed by atoms with Gasteiger partial charge in [-0.2, -0.15) is 5.10 Å². The van der Waals surface area contributed by atoms with Crippen molar-refractivity contribution in [2.45, 2.75) is 26.9 Å². The summed E-state index contributed by atoms with van der Waals surface area (Å²) in [5.41, 5.74) is 2.85.